The van der Waals surface area contributed by atoms with E-state index in [2.05, 4.69) is 17.2 Å². The number of urea groups is 1. The minimum absolute atomic E-state index is 0.172. The second-order valence-electron chi connectivity index (χ2n) is 5.34. The van der Waals surface area contributed by atoms with Crippen molar-refractivity contribution in [2.45, 2.75) is 6.54 Å². The van der Waals surface area contributed by atoms with Gasteiger partial charge in [0.1, 0.15) is 5.76 Å². The highest BCUT2D eigenvalue weighted by Crippen LogP contribution is 2.24. The Morgan fingerprint density at radius 2 is 1.96 bits per heavy atom. The maximum absolute atomic E-state index is 12.7. The number of amides is 4. The van der Waals surface area contributed by atoms with Gasteiger partial charge in [0.25, 0.3) is 5.91 Å². The third kappa shape index (κ3) is 3.41. The van der Waals surface area contributed by atoms with Gasteiger partial charge in [-0.3, -0.25) is 14.9 Å². The van der Waals surface area contributed by atoms with Gasteiger partial charge in [-0.2, -0.15) is 0 Å². The predicted octanol–water partition coefficient (Wildman–Crippen LogP) is 2.44. The molecular weight excluding hydrogens is 346 g/mol. The first-order valence-electron chi connectivity index (χ1n) is 7.37. The molecule has 1 aromatic carbocycles. The van der Waals surface area contributed by atoms with Crippen molar-refractivity contribution in [1.29, 1.82) is 0 Å². The SMILES string of the molecule is C=C(NCc1ccco1)C1C(=O)NC(=O)N(c2ccc(Cl)cc2)C1=O. The average Bonchev–Trinajstić information content (AvgIpc) is 3.07. The molecule has 1 unspecified atom stereocenters. The fraction of sp³-hybridized carbons (Fsp3) is 0.118. The van der Waals surface area contributed by atoms with Crippen LogP contribution in [0.5, 0.6) is 0 Å². The first-order valence-corrected chi connectivity index (χ1v) is 7.74. The molecular formula is C17H14ClN3O4. The zero-order valence-electron chi connectivity index (χ0n) is 13.0. The molecule has 1 aromatic heterocycles. The number of rotatable bonds is 5. The Balaban J connectivity index is 1.79. The lowest BCUT2D eigenvalue weighted by atomic mass is 10.0. The Morgan fingerprint density at radius 3 is 2.60 bits per heavy atom. The van der Waals surface area contributed by atoms with Crippen molar-refractivity contribution in [3.05, 3.63) is 65.7 Å². The van der Waals surface area contributed by atoms with E-state index in [4.69, 9.17) is 16.0 Å². The molecule has 25 heavy (non-hydrogen) atoms. The molecule has 0 radical (unpaired) electrons. The van der Waals surface area contributed by atoms with Crippen molar-refractivity contribution < 1.29 is 18.8 Å². The summed E-state index contributed by atoms with van der Waals surface area (Å²) in [5, 5.41) is 5.51. The van der Waals surface area contributed by atoms with Gasteiger partial charge >= 0.3 is 6.03 Å². The summed E-state index contributed by atoms with van der Waals surface area (Å²) in [7, 11) is 0. The van der Waals surface area contributed by atoms with E-state index in [9.17, 15) is 14.4 Å². The molecule has 7 nitrogen and oxygen atoms in total. The normalized spacial score (nSPS) is 17.4. The lowest BCUT2D eigenvalue weighted by molar-refractivity contribution is -0.132. The summed E-state index contributed by atoms with van der Waals surface area (Å²) in [6.45, 7) is 4.01. The second kappa shape index (κ2) is 6.82. The third-order valence-corrected chi connectivity index (χ3v) is 3.92. The van der Waals surface area contributed by atoms with E-state index in [0.717, 1.165) is 4.90 Å². The van der Waals surface area contributed by atoms with Crippen LogP contribution in [0.15, 0.2) is 59.4 Å². The van der Waals surface area contributed by atoms with Gasteiger partial charge in [0.05, 0.1) is 18.5 Å². The van der Waals surface area contributed by atoms with Gasteiger partial charge in [-0.25, -0.2) is 9.69 Å². The molecule has 1 atom stereocenters. The number of hydrogen-bond acceptors (Lipinski definition) is 5. The quantitative estimate of drug-likeness (QED) is 0.800. The molecule has 2 heterocycles. The highest BCUT2D eigenvalue weighted by molar-refractivity contribution is 6.31. The van der Waals surface area contributed by atoms with Crippen LogP contribution in [0, 0.1) is 5.92 Å². The highest BCUT2D eigenvalue weighted by Gasteiger charge is 2.42. The van der Waals surface area contributed by atoms with Gasteiger partial charge in [0, 0.05) is 10.7 Å². The molecule has 0 saturated carbocycles. The number of benzene rings is 1. The minimum atomic E-state index is -1.23. The van der Waals surface area contributed by atoms with Crippen LogP contribution in [-0.2, 0) is 16.1 Å². The van der Waals surface area contributed by atoms with Crippen LogP contribution in [0.3, 0.4) is 0 Å². The monoisotopic (exact) mass is 359 g/mol. The van der Waals surface area contributed by atoms with Crippen molar-refractivity contribution in [3.63, 3.8) is 0 Å². The van der Waals surface area contributed by atoms with Crippen LogP contribution in [-0.4, -0.2) is 17.8 Å². The summed E-state index contributed by atoms with van der Waals surface area (Å²) in [6, 6.07) is 8.79. The first kappa shape index (κ1) is 16.8. The van der Waals surface area contributed by atoms with Crippen molar-refractivity contribution in [2.75, 3.05) is 4.90 Å². The molecule has 128 valence electrons. The number of carbonyl (C=O) groups excluding carboxylic acids is 3. The average molecular weight is 360 g/mol. The molecule has 2 N–H and O–H groups in total. The summed E-state index contributed by atoms with van der Waals surface area (Å²) in [4.78, 5) is 37.8. The number of halogens is 1. The van der Waals surface area contributed by atoms with E-state index in [1.54, 1.807) is 24.3 Å². The summed E-state index contributed by atoms with van der Waals surface area (Å²) in [5.41, 5.74) is 0.480. The topological polar surface area (TPSA) is 91.7 Å². The van der Waals surface area contributed by atoms with Crippen LogP contribution < -0.4 is 15.5 Å². The number of anilines is 1. The lowest BCUT2D eigenvalue weighted by Crippen LogP contribution is -2.59. The molecule has 0 bridgehead atoms. The Labute approximate surface area is 148 Å². The van der Waals surface area contributed by atoms with Gasteiger partial charge in [0.2, 0.25) is 5.91 Å². The van der Waals surface area contributed by atoms with E-state index >= 15 is 0 Å². The Morgan fingerprint density at radius 1 is 1.24 bits per heavy atom. The molecule has 8 heteroatoms. The fourth-order valence-electron chi connectivity index (χ4n) is 2.43. The number of carbonyl (C=O) groups is 3. The Kier molecular flexibility index (Phi) is 4.58. The number of hydrogen-bond donors (Lipinski definition) is 2. The van der Waals surface area contributed by atoms with Crippen molar-refractivity contribution in [2.24, 2.45) is 5.92 Å². The van der Waals surface area contributed by atoms with Gasteiger partial charge < -0.3 is 9.73 Å². The molecule has 0 spiro atoms. The number of barbiturate groups is 1. The number of nitrogens with one attached hydrogen (secondary N) is 2. The highest BCUT2D eigenvalue weighted by atomic mass is 35.5. The van der Waals surface area contributed by atoms with E-state index in [1.807, 2.05) is 0 Å². The molecule has 1 aliphatic heterocycles. The zero-order valence-corrected chi connectivity index (χ0v) is 13.7. The van der Waals surface area contributed by atoms with E-state index in [-0.39, 0.29) is 12.2 Å². The number of imide groups is 2. The van der Waals surface area contributed by atoms with Crippen molar-refractivity contribution >= 4 is 35.1 Å². The van der Waals surface area contributed by atoms with Crippen LogP contribution in [0.25, 0.3) is 0 Å². The Hall–Kier alpha value is -3.06. The van der Waals surface area contributed by atoms with Crippen LogP contribution >= 0.6 is 11.6 Å². The molecule has 3 rings (SSSR count). The van der Waals surface area contributed by atoms with Crippen LogP contribution in [0.4, 0.5) is 10.5 Å². The van der Waals surface area contributed by atoms with Crippen LogP contribution in [0.1, 0.15) is 5.76 Å². The van der Waals surface area contributed by atoms with Crippen molar-refractivity contribution in [3.8, 4) is 0 Å². The zero-order chi connectivity index (χ0) is 18.0. The van der Waals surface area contributed by atoms with E-state index < -0.39 is 23.8 Å². The summed E-state index contributed by atoms with van der Waals surface area (Å²) in [6.07, 6.45) is 1.51. The fourth-order valence-corrected chi connectivity index (χ4v) is 2.56. The number of nitrogens with zero attached hydrogens (tertiary/aromatic N) is 1. The molecule has 1 fully saturated rings. The summed E-state index contributed by atoms with van der Waals surface area (Å²) >= 11 is 5.82. The maximum Gasteiger partial charge on any atom is 0.335 e. The summed E-state index contributed by atoms with van der Waals surface area (Å²) < 4.78 is 5.18. The lowest BCUT2D eigenvalue weighted by Gasteiger charge is -2.31. The predicted molar refractivity (Wildman–Crippen MR) is 90.7 cm³/mol. The maximum atomic E-state index is 12.7. The first-order chi connectivity index (χ1) is 12.0. The largest absolute Gasteiger partial charge is 0.467 e. The molecule has 1 aliphatic rings. The minimum Gasteiger partial charge on any atom is -0.467 e. The van der Waals surface area contributed by atoms with Gasteiger partial charge in [-0.1, -0.05) is 18.2 Å². The van der Waals surface area contributed by atoms with E-state index in [1.165, 1.54) is 18.4 Å². The third-order valence-electron chi connectivity index (χ3n) is 3.67. The molecule has 0 aliphatic carbocycles. The van der Waals surface area contributed by atoms with Gasteiger partial charge in [0.15, 0.2) is 5.92 Å². The summed E-state index contributed by atoms with van der Waals surface area (Å²) in [5.74, 6) is -2.02. The smallest absolute Gasteiger partial charge is 0.335 e. The van der Waals surface area contributed by atoms with Crippen LogP contribution in [0.2, 0.25) is 5.02 Å². The number of furan rings is 1. The van der Waals surface area contributed by atoms with Crippen molar-refractivity contribution in [1.82, 2.24) is 10.6 Å². The van der Waals surface area contributed by atoms with Gasteiger partial charge in [-0.15, -0.1) is 0 Å². The standard InChI is InChI=1S/C17H14ClN3O4/c1-10(19-9-13-3-2-8-25-13)14-15(22)20-17(24)21(16(14)23)12-6-4-11(18)5-7-12/h2-8,14,19H,1,9H2,(H,20,22,24). The van der Waals surface area contributed by atoms with E-state index in [0.29, 0.717) is 16.5 Å². The Bertz CT molecular complexity index is 830. The molecule has 4 amide bonds. The second-order valence-corrected chi connectivity index (χ2v) is 5.77. The van der Waals surface area contributed by atoms with Gasteiger partial charge in [-0.05, 0) is 36.4 Å². The molecule has 2 aromatic rings. The molecule has 1 saturated heterocycles.